The SMILES string of the molecule is COc1cc(Nc2c(C(N)=O)c(-c3ccc(NC(=O)O)cc3)nn2C(C)(C)C)ccn1. The van der Waals surface area contributed by atoms with Gasteiger partial charge in [-0.05, 0) is 39.0 Å². The summed E-state index contributed by atoms with van der Waals surface area (Å²) in [7, 11) is 1.52. The standard InChI is InChI=1S/C21H24N6O4/c1-21(2,3)27-19(24-14-9-10-23-15(11-14)31-4)16(18(22)28)17(26-27)12-5-7-13(8-6-12)25-20(29)30/h5-11,25H,1-4H3,(H2,22,28)(H,23,24)(H,29,30). The van der Waals surface area contributed by atoms with Crippen LogP contribution in [0.5, 0.6) is 5.88 Å². The molecule has 1 aromatic carbocycles. The van der Waals surface area contributed by atoms with E-state index in [9.17, 15) is 9.59 Å². The number of hydrogen-bond donors (Lipinski definition) is 4. The van der Waals surface area contributed by atoms with Crippen molar-refractivity contribution in [2.24, 2.45) is 5.73 Å². The Morgan fingerprint density at radius 3 is 2.35 bits per heavy atom. The quantitative estimate of drug-likeness (QED) is 0.473. The third kappa shape index (κ3) is 4.74. The summed E-state index contributed by atoms with van der Waals surface area (Å²) in [5.74, 6) is 0.187. The van der Waals surface area contributed by atoms with Gasteiger partial charge in [0.1, 0.15) is 17.1 Å². The number of methoxy groups -OCH3 is 1. The zero-order chi connectivity index (χ0) is 22.8. The van der Waals surface area contributed by atoms with Crippen LogP contribution in [0.15, 0.2) is 42.6 Å². The summed E-state index contributed by atoms with van der Waals surface area (Å²) in [6.07, 6.45) is 0.416. The molecular weight excluding hydrogens is 400 g/mol. The molecule has 0 saturated heterocycles. The van der Waals surface area contributed by atoms with E-state index in [0.29, 0.717) is 34.3 Å². The van der Waals surface area contributed by atoms with Crippen LogP contribution in [-0.4, -0.2) is 39.0 Å². The number of rotatable bonds is 6. The van der Waals surface area contributed by atoms with Crippen molar-refractivity contribution in [2.45, 2.75) is 26.3 Å². The number of carbonyl (C=O) groups excluding carboxylic acids is 1. The number of anilines is 3. The maximum atomic E-state index is 12.5. The van der Waals surface area contributed by atoms with Crippen molar-refractivity contribution in [1.29, 1.82) is 0 Å². The molecule has 0 unspecified atom stereocenters. The van der Waals surface area contributed by atoms with E-state index in [1.165, 1.54) is 7.11 Å². The van der Waals surface area contributed by atoms with Crippen molar-refractivity contribution in [1.82, 2.24) is 14.8 Å². The van der Waals surface area contributed by atoms with Gasteiger partial charge < -0.3 is 20.9 Å². The highest BCUT2D eigenvalue weighted by molar-refractivity contribution is 6.04. The lowest BCUT2D eigenvalue weighted by Gasteiger charge is -2.23. The fraction of sp³-hybridized carbons (Fsp3) is 0.238. The average Bonchev–Trinajstić information content (AvgIpc) is 3.08. The van der Waals surface area contributed by atoms with Gasteiger partial charge in [0.2, 0.25) is 5.88 Å². The van der Waals surface area contributed by atoms with E-state index >= 15 is 0 Å². The number of aromatic nitrogens is 3. The molecule has 5 N–H and O–H groups in total. The Labute approximate surface area is 179 Å². The molecule has 10 nitrogen and oxygen atoms in total. The molecule has 0 aliphatic heterocycles. The van der Waals surface area contributed by atoms with Gasteiger partial charge in [0.25, 0.3) is 5.91 Å². The largest absolute Gasteiger partial charge is 0.481 e. The molecule has 3 aromatic rings. The van der Waals surface area contributed by atoms with Crippen LogP contribution in [0.2, 0.25) is 0 Å². The molecule has 0 atom stereocenters. The maximum Gasteiger partial charge on any atom is 0.409 e. The number of primary amides is 1. The summed E-state index contributed by atoms with van der Waals surface area (Å²) in [5.41, 5.74) is 7.53. The van der Waals surface area contributed by atoms with Crippen molar-refractivity contribution in [2.75, 3.05) is 17.7 Å². The summed E-state index contributed by atoms with van der Waals surface area (Å²) in [6.45, 7) is 5.85. The van der Waals surface area contributed by atoms with Gasteiger partial charge in [-0.2, -0.15) is 5.10 Å². The van der Waals surface area contributed by atoms with Gasteiger partial charge in [-0.3, -0.25) is 10.1 Å². The molecule has 2 aromatic heterocycles. The lowest BCUT2D eigenvalue weighted by atomic mass is 10.1. The van der Waals surface area contributed by atoms with Gasteiger partial charge >= 0.3 is 6.09 Å². The monoisotopic (exact) mass is 424 g/mol. The number of nitrogens with zero attached hydrogens (tertiary/aromatic N) is 3. The van der Waals surface area contributed by atoms with Gasteiger partial charge in [-0.25, -0.2) is 14.5 Å². The molecule has 0 spiro atoms. The second kappa shape index (κ2) is 8.34. The van der Waals surface area contributed by atoms with Gasteiger partial charge in [0, 0.05) is 29.2 Å². The third-order valence-corrected chi connectivity index (χ3v) is 4.38. The van der Waals surface area contributed by atoms with Crippen molar-refractivity contribution in [3.63, 3.8) is 0 Å². The number of hydrogen-bond acceptors (Lipinski definition) is 6. The van der Waals surface area contributed by atoms with Gasteiger partial charge in [0.15, 0.2) is 0 Å². The van der Waals surface area contributed by atoms with Crippen LogP contribution < -0.4 is 21.1 Å². The van der Waals surface area contributed by atoms with E-state index in [1.54, 1.807) is 47.3 Å². The smallest absolute Gasteiger partial charge is 0.409 e. The van der Waals surface area contributed by atoms with E-state index < -0.39 is 17.5 Å². The minimum Gasteiger partial charge on any atom is -0.481 e. The van der Waals surface area contributed by atoms with Gasteiger partial charge in [-0.1, -0.05) is 12.1 Å². The number of carboxylic acid groups (broad SMARTS) is 1. The Bertz CT molecular complexity index is 1120. The average molecular weight is 424 g/mol. The third-order valence-electron chi connectivity index (χ3n) is 4.38. The molecular formula is C21H24N6O4. The minimum absolute atomic E-state index is 0.213. The summed E-state index contributed by atoms with van der Waals surface area (Å²) in [4.78, 5) is 27.4. The molecule has 0 radical (unpaired) electrons. The van der Waals surface area contributed by atoms with Crippen LogP contribution in [0.3, 0.4) is 0 Å². The summed E-state index contributed by atoms with van der Waals surface area (Å²) in [6, 6.07) is 9.95. The molecule has 31 heavy (non-hydrogen) atoms. The number of ether oxygens (including phenoxy) is 1. The van der Waals surface area contributed by atoms with Crippen molar-refractivity contribution < 1.29 is 19.4 Å². The highest BCUT2D eigenvalue weighted by atomic mass is 16.5. The fourth-order valence-corrected chi connectivity index (χ4v) is 3.02. The number of benzene rings is 1. The molecule has 2 amide bonds. The molecule has 0 aliphatic rings. The first-order chi connectivity index (χ1) is 14.6. The molecule has 3 rings (SSSR count). The van der Waals surface area contributed by atoms with Crippen molar-refractivity contribution >= 4 is 29.2 Å². The molecule has 10 heteroatoms. The number of amides is 2. The number of pyridine rings is 1. The Morgan fingerprint density at radius 1 is 1.13 bits per heavy atom. The summed E-state index contributed by atoms with van der Waals surface area (Å²) < 4.78 is 6.86. The minimum atomic E-state index is -1.16. The molecule has 162 valence electrons. The van der Waals surface area contributed by atoms with Crippen molar-refractivity contribution in [3.05, 3.63) is 48.2 Å². The Balaban J connectivity index is 2.14. The van der Waals surface area contributed by atoms with E-state index in [-0.39, 0.29) is 5.56 Å². The Morgan fingerprint density at radius 2 is 1.81 bits per heavy atom. The number of carbonyl (C=O) groups is 2. The van der Waals surface area contributed by atoms with E-state index in [2.05, 4.69) is 20.7 Å². The normalized spacial score (nSPS) is 11.1. The molecule has 2 heterocycles. The molecule has 0 aliphatic carbocycles. The number of nitrogens with one attached hydrogen (secondary N) is 2. The van der Waals surface area contributed by atoms with E-state index in [1.807, 2.05) is 20.8 Å². The highest BCUT2D eigenvalue weighted by Crippen LogP contribution is 2.35. The Kier molecular flexibility index (Phi) is 5.82. The lowest BCUT2D eigenvalue weighted by molar-refractivity contribution is 0.100. The summed E-state index contributed by atoms with van der Waals surface area (Å²) in [5, 5.41) is 19.0. The fourth-order valence-electron chi connectivity index (χ4n) is 3.02. The van der Waals surface area contributed by atoms with Gasteiger partial charge in [0.05, 0.1) is 12.6 Å². The first-order valence-corrected chi connectivity index (χ1v) is 9.41. The van der Waals surface area contributed by atoms with Gasteiger partial charge in [-0.15, -0.1) is 0 Å². The van der Waals surface area contributed by atoms with E-state index in [0.717, 1.165) is 0 Å². The van der Waals surface area contributed by atoms with Crippen LogP contribution in [0.4, 0.5) is 22.0 Å². The van der Waals surface area contributed by atoms with Crippen LogP contribution in [0.25, 0.3) is 11.3 Å². The highest BCUT2D eigenvalue weighted by Gasteiger charge is 2.28. The van der Waals surface area contributed by atoms with Crippen molar-refractivity contribution in [3.8, 4) is 17.1 Å². The lowest BCUT2D eigenvalue weighted by Crippen LogP contribution is -2.25. The zero-order valence-electron chi connectivity index (χ0n) is 17.6. The summed E-state index contributed by atoms with van der Waals surface area (Å²) >= 11 is 0. The first-order valence-electron chi connectivity index (χ1n) is 9.41. The van der Waals surface area contributed by atoms with Crippen LogP contribution in [-0.2, 0) is 5.54 Å². The molecule has 0 bridgehead atoms. The van der Waals surface area contributed by atoms with Crippen LogP contribution in [0.1, 0.15) is 31.1 Å². The Hall–Kier alpha value is -4.08. The van der Waals surface area contributed by atoms with E-state index in [4.69, 9.17) is 15.6 Å². The predicted octanol–water partition coefficient (Wildman–Crippen LogP) is 3.64. The van der Waals surface area contributed by atoms with Crippen LogP contribution in [0, 0.1) is 0 Å². The number of nitrogens with two attached hydrogens (primary N) is 1. The topological polar surface area (TPSA) is 144 Å². The maximum absolute atomic E-state index is 12.5. The zero-order valence-corrected chi connectivity index (χ0v) is 17.6. The second-order valence-corrected chi connectivity index (χ2v) is 7.74. The molecule has 0 saturated carbocycles. The second-order valence-electron chi connectivity index (χ2n) is 7.74. The van der Waals surface area contributed by atoms with Crippen LogP contribution >= 0.6 is 0 Å². The predicted molar refractivity (Wildman–Crippen MR) is 117 cm³/mol. The molecule has 0 fully saturated rings. The first kappa shape index (κ1) is 21.6.